The van der Waals surface area contributed by atoms with Crippen LogP contribution in [0.5, 0.6) is 0 Å². The van der Waals surface area contributed by atoms with Crippen molar-refractivity contribution < 1.29 is 13.2 Å². The molecule has 0 fully saturated rings. The van der Waals surface area contributed by atoms with Crippen LogP contribution in [0.25, 0.3) is 0 Å². The predicted molar refractivity (Wildman–Crippen MR) is 91.9 cm³/mol. The third-order valence-electron chi connectivity index (χ3n) is 3.08. The Labute approximate surface area is 143 Å². The number of hydrogen-bond acceptors (Lipinski definition) is 4. The molecule has 0 aliphatic heterocycles. The van der Waals surface area contributed by atoms with E-state index in [1.807, 2.05) is 13.0 Å². The summed E-state index contributed by atoms with van der Waals surface area (Å²) in [5.74, 6) is -0.0132. The van der Waals surface area contributed by atoms with E-state index in [9.17, 15) is 13.2 Å². The fraction of sp³-hybridized carbons (Fsp3) is 0.200. The van der Waals surface area contributed by atoms with Crippen molar-refractivity contribution in [3.8, 4) is 0 Å². The molecule has 6 nitrogen and oxygen atoms in total. The molecular formula is C15H16BrN3O3S. The van der Waals surface area contributed by atoms with Crippen molar-refractivity contribution >= 4 is 37.7 Å². The van der Waals surface area contributed by atoms with Gasteiger partial charge in [-0.2, -0.15) is 0 Å². The van der Waals surface area contributed by atoms with Gasteiger partial charge in [0.2, 0.25) is 10.0 Å². The highest BCUT2D eigenvalue weighted by atomic mass is 79.9. The van der Waals surface area contributed by atoms with Gasteiger partial charge in [-0.3, -0.25) is 4.79 Å². The molecule has 0 aliphatic carbocycles. The van der Waals surface area contributed by atoms with E-state index in [1.165, 1.54) is 26.2 Å². The molecule has 0 saturated carbocycles. The Balaban J connectivity index is 2.36. The Hall–Kier alpha value is -1.77. The quantitative estimate of drug-likeness (QED) is 0.859. The molecule has 1 amide bonds. The van der Waals surface area contributed by atoms with Crippen molar-refractivity contribution in [3.63, 3.8) is 0 Å². The molecule has 1 N–H and O–H groups in total. The standard InChI is InChI=1S/C15H16BrN3O3S/c1-10-5-4-6-14(17-10)18-15(20)11-7-8-12(16)13(9-11)23(21,22)19(2)3/h4-9H,1-3H3,(H,17,18,20). The van der Waals surface area contributed by atoms with Gasteiger partial charge in [0.1, 0.15) is 5.82 Å². The number of sulfonamides is 1. The van der Waals surface area contributed by atoms with Crippen LogP contribution in [-0.2, 0) is 10.0 Å². The van der Waals surface area contributed by atoms with Crippen molar-refractivity contribution in [1.82, 2.24) is 9.29 Å². The molecule has 0 aliphatic rings. The molecule has 0 bridgehead atoms. The van der Waals surface area contributed by atoms with E-state index >= 15 is 0 Å². The van der Waals surface area contributed by atoms with Crippen LogP contribution in [-0.4, -0.2) is 37.7 Å². The first-order chi connectivity index (χ1) is 10.7. The SMILES string of the molecule is Cc1cccc(NC(=O)c2ccc(Br)c(S(=O)(=O)N(C)C)c2)n1. The summed E-state index contributed by atoms with van der Waals surface area (Å²) in [7, 11) is -0.781. The highest BCUT2D eigenvalue weighted by molar-refractivity contribution is 9.10. The van der Waals surface area contributed by atoms with Gasteiger partial charge in [-0.15, -0.1) is 0 Å². The second kappa shape index (κ2) is 6.77. The van der Waals surface area contributed by atoms with Gasteiger partial charge in [0, 0.05) is 29.8 Å². The molecule has 0 unspecified atom stereocenters. The first-order valence-corrected chi connectivity index (χ1v) is 8.92. The fourth-order valence-corrected chi connectivity index (χ4v) is 3.68. The van der Waals surface area contributed by atoms with E-state index in [4.69, 9.17) is 0 Å². The number of aryl methyl sites for hydroxylation is 1. The van der Waals surface area contributed by atoms with Crippen LogP contribution in [0.4, 0.5) is 5.82 Å². The Kier molecular flexibility index (Phi) is 5.18. The highest BCUT2D eigenvalue weighted by Crippen LogP contribution is 2.25. The summed E-state index contributed by atoms with van der Waals surface area (Å²) in [6.45, 7) is 1.82. The molecule has 1 aromatic heterocycles. The van der Waals surface area contributed by atoms with E-state index in [-0.39, 0.29) is 10.5 Å². The zero-order chi connectivity index (χ0) is 17.2. The number of amides is 1. The molecule has 23 heavy (non-hydrogen) atoms. The third-order valence-corrected chi connectivity index (χ3v) is 5.89. The number of nitrogens with one attached hydrogen (secondary N) is 1. The van der Waals surface area contributed by atoms with Crippen molar-refractivity contribution in [3.05, 3.63) is 52.1 Å². The van der Waals surface area contributed by atoms with E-state index in [0.717, 1.165) is 10.00 Å². The van der Waals surface area contributed by atoms with Crippen molar-refractivity contribution in [2.45, 2.75) is 11.8 Å². The number of aromatic nitrogens is 1. The first-order valence-electron chi connectivity index (χ1n) is 6.69. The molecular weight excluding hydrogens is 382 g/mol. The largest absolute Gasteiger partial charge is 0.307 e. The Bertz CT molecular complexity index is 851. The lowest BCUT2D eigenvalue weighted by molar-refractivity contribution is 0.102. The van der Waals surface area contributed by atoms with E-state index < -0.39 is 15.9 Å². The molecule has 0 spiro atoms. The molecule has 0 atom stereocenters. The zero-order valence-electron chi connectivity index (χ0n) is 12.9. The number of carbonyl (C=O) groups excluding carboxylic acids is 1. The Morgan fingerprint density at radius 3 is 2.52 bits per heavy atom. The van der Waals surface area contributed by atoms with Crippen LogP contribution < -0.4 is 5.32 Å². The number of benzene rings is 1. The smallest absolute Gasteiger partial charge is 0.256 e. The van der Waals surface area contributed by atoms with Gasteiger partial charge >= 0.3 is 0 Å². The van der Waals surface area contributed by atoms with Crippen LogP contribution >= 0.6 is 15.9 Å². The van der Waals surface area contributed by atoms with Crippen LogP contribution in [0, 0.1) is 6.92 Å². The molecule has 0 saturated heterocycles. The van der Waals surface area contributed by atoms with Crippen molar-refractivity contribution in [1.29, 1.82) is 0 Å². The first kappa shape index (κ1) is 17.6. The minimum Gasteiger partial charge on any atom is -0.307 e. The molecule has 1 heterocycles. The Morgan fingerprint density at radius 2 is 1.91 bits per heavy atom. The summed E-state index contributed by atoms with van der Waals surface area (Å²) >= 11 is 3.21. The monoisotopic (exact) mass is 397 g/mol. The van der Waals surface area contributed by atoms with Gasteiger partial charge in [-0.25, -0.2) is 17.7 Å². The summed E-state index contributed by atoms with van der Waals surface area (Å²) in [5, 5.41) is 2.65. The van der Waals surface area contributed by atoms with Crippen LogP contribution in [0.2, 0.25) is 0 Å². The molecule has 0 radical (unpaired) electrons. The molecule has 1 aromatic carbocycles. The minimum atomic E-state index is -3.65. The molecule has 2 aromatic rings. The maximum atomic E-state index is 12.3. The van der Waals surface area contributed by atoms with E-state index in [2.05, 4.69) is 26.2 Å². The lowest BCUT2D eigenvalue weighted by Gasteiger charge is -2.14. The molecule has 2 rings (SSSR count). The third kappa shape index (κ3) is 3.95. The zero-order valence-corrected chi connectivity index (χ0v) is 15.3. The van der Waals surface area contributed by atoms with Crippen LogP contribution in [0.1, 0.15) is 16.1 Å². The number of carbonyl (C=O) groups is 1. The van der Waals surface area contributed by atoms with Gasteiger partial charge in [-0.05, 0) is 53.2 Å². The molecule has 8 heteroatoms. The van der Waals surface area contributed by atoms with Crippen molar-refractivity contribution in [2.75, 3.05) is 19.4 Å². The normalized spacial score (nSPS) is 11.5. The summed E-state index contributed by atoms with van der Waals surface area (Å²) in [6.07, 6.45) is 0. The average molecular weight is 398 g/mol. The summed E-state index contributed by atoms with van der Waals surface area (Å²) in [4.78, 5) is 16.5. The van der Waals surface area contributed by atoms with Crippen molar-refractivity contribution in [2.24, 2.45) is 0 Å². The highest BCUT2D eigenvalue weighted by Gasteiger charge is 2.22. The lowest BCUT2D eigenvalue weighted by atomic mass is 10.2. The molecule has 122 valence electrons. The number of hydrogen-bond donors (Lipinski definition) is 1. The van der Waals surface area contributed by atoms with Gasteiger partial charge in [0.05, 0.1) is 4.90 Å². The number of anilines is 1. The maximum Gasteiger partial charge on any atom is 0.256 e. The minimum absolute atomic E-state index is 0.0346. The van der Waals surface area contributed by atoms with Gasteiger partial charge in [-0.1, -0.05) is 6.07 Å². The van der Waals surface area contributed by atoms with E-state index in [1.54, 1.807) is 18.2 Å². The second-order valence-corrected chi connectivity index (χ2v) is 8.03. The van der Waals surface area contributed by atoms with Gasteiger partial charge in [0.15, 0.2) is 0 Å². The summed E-state index contributed by atoms with van der Waals surface area (Å²) < 4.78 is 26.1. The van der Waals surface area contributed by atoms with Crippen LogP contribution in [0.3, 0.4) is 0 Å². The number of rotatable bonds is 4. The summed E-state index contributed by atoms with van der Waals surface area (Å²) in [5.41, 5.74) is 1.01. The van der Waals surface area contributed by atoms with Crippen LogP contribution in [0.15, 0.2) is 45.8 Å². The second-order valence-electron chi connectivity index (χ2n) is 5.05. The lowest BCUT2D eigenvalue weighted by Crippen LogP contribution is -2.23. The maximum absolute atomic E-state index is 12.3. The van der Waals surface area contributed by atoms with Gasteiger partial charge in [0.25, 0.3) is 5.91 Å². The number of nitrogens with zero attached hydrogens (tertiary/aromatic N) is 2. The number of halogens is 1. The number of pyridine rings is 1. The fourth-order valence-electron chi connectivity index (χ4n) is 1.84. The van der Waals surface area contributed by atoms with Gasteiger partial charge < -0.3 is 5.32 Å². The van der Waals surface area contributed by atoms with E-state index in [0.29, 0.717) is 10.3 Å². The topological polar surface area (TPSA) is 79.4 Å². The predicted octanol–water partition coefficient (Wildman–Crippen LogP) is 2.66. The Morgan fingerprint density at radius 1 is 1.22 bits per heavy atom. The average Bonchev–Trinajstić information content (AvgIpc) is 2.47. The summed E-state index contributed by atoms with van der Waals surface area (Å²) in [6, 6.07) is 9.68.